The van der Waals surface area contributed by atoms with E-state index in [1.54, 1.807) is 13.8 Å². The Hall–Kier alpha value is -1.43. The first kappa shape index (κ1) is 12.6. The molecule has 0 aliphatic rings. The molecule has 0 spiro atoms. The molecule has 1 aromatic heterocycles. The smallest absolute Gasteiger partial charge is 0.337 e. The topological polar surface area (TPSA) is 84.3 Å². The molecule has 0 atom stereocenters. The van der Waals surface area contributed by atoms with Crippen LogP contribution >= 0.6 is 0 Å². The van der Waals surface area contributed by atoms with Crippen LogP contribution in [0.2, 0.25) is 0 Å². The lowest BCUT2D eigenvalue weighted by Crippen LogP contribution is -2.16. The number of hydrogen-bond acceptors (Lipinski definition) is 4. The van der Waals surface area contributed by atoms with Gasteiger partial charge in [-0.3, -0.25) is 4.98 Å². The number of carboxylic acids is 1. The summed E-state index contributed by atoms with van der Waals surface area (Å²) in [5.41, 5.74) is 0.407. The maximum atomic E-state index is 11.6. The van der Waals surface area contributed by atoms with Gasteiger partial charge < -0.3 is 5.11 Å². The van der Waals surface area contributed by atoms with E-state index in [4.69, 9.17) is 5.11 Å². The molecule has 0 amide bonds. The molecular formula is C10H13NO4S. The van der Waals surface area contributed by atoms with Gasteiger partial charge in [-0.25, -0.2) is 13.2 Å². The van der Waals surface area contributed by atoms with Crippen molar-refractivity contribution in [1.29, 1.82) is 0 Å². The lowest BCUT2D eigenvalue weighted by molar-refractivity contribution is 0.0696. The SMILES string of the molecule is CC(C)S(=O)(=O)Cc1ccc(C(=O)O)cn1. The highest BCUT2D eigenvalue weighted by Gasteiger charge is 2.17. The number of aromatic nitrogens is 1. The highest BCUT2D eigenvalue weighted by molar-refractivity contribution is 7.91. The van der Waals surface area contributed by atoms with Crippen molar-refractivity contribution in [1.82, 2.24) is 4.98 Å². The highest BCUT2D eigenvalue weighted by atomic mass is 32.2. The van der Waals surface area contributed by atoms with E-state index < -0.39 is 21.1 Å². The van der Waals surface area contributed by atoms with Crippen LogP contribution in [0.15, 0.2) is 18.3 Å². The number of hydrogen-bond donors (Lipinski definition) is 1. The Balaban J connectivity index is 2.89. The lowest BCUT2D eigenvalue weighted by Gasteiger charge is -2.06. The summed E-state index contributed by atoms with van der Waals surface area (Å²) in [6.07, 6.45) is 1.16. The Morgan fingerprint density at radius 1 is 1.44 bits per heavy atom. The normalized spacial score (nSPS) is 11.7. The number of carbonyl (C=O) groups is 1. The first-order chi connectivity index (χ1) is 7.33. The third kappa shape index (κ3) is 3.03. The van der Waals surface area contributed by atoms with Gasteiger partial charge in [0.15, 0.2) is 9.84 Å². The molecule has 1 heterocycles. The van der Waals surface area contributed by atoms with Crippen LogP contribution in [0.5, 0.6) is 0 Å². The second-order valence-electron chi connectivity index (χ2n) is 3.70. The molecule has 5 nitrogen and oxygen atoms in total. The maximum absolute atomic E-state index is 11.6. The summed E-state index contributed by atoms with van der Waals surface area (Å²) in [5, 5.41) is 8.17. The van der Waals surface area contributed by atoms with Crippen LogP contribution < -0.4 is 0 Å². The average molecular weight is 243 g/mol. The lowest BCUT2D eigenvalue weighted by atomic mass is 10.2. The fraction of sp³-hybridized carbons (Fsp3) is 0.400. The molecule has 6 heteroatoms. The van der Waals surface area contributed by atoms with Crippen LogP contribution in [0.4, 0.5) is 0 Å². The summed E-state index contributed by atoms with van der Waals surface area (Å²) in [6.45, 7) is 3.20. The monoisotopic (exact) mass is 243 g/mol. The summed E-state index contributed by atoms with van der Waals surface area (Å²) in [6, 6.07) is 2.77. The molecule has 1 aromatic rings. The van der Waals surface area contributed by atoms with E-state index in [1.165, 1.54) is 12.1 Å². The molecule has 0 aliphatic heterocycles. The van der Waals surface area contributed by atoms with Gasteiger partial charge in [0.05, 0.1) is 22.3 Å². The second kappa shape index (κ2) is 4.61. The van der Waals surface area contributed by atoms with E-state index in [9.17, 15) is 13.2 Å². The predicted molar refractivity (Wildman–Crippen MR) is 59.0 cm³/mol. The van der Waals surface area contributed by atoms with Crippen LogP contribution in [0.1, 0.15) is 29.9 Å². The quantitative estimate of drug-likeness (QED) is 0.856. The Morgan fingerprint density at radius 3 is 2.44 bits per heavy atom. The van der Waals surface area contributed by atoms with E-state index >= 15 is 0 Å². The van der Waals surface area contributed by atoms with E-state index in [0.29, 0.717) is 5.69 Å². The number of rotatable bonds is 4. The van der Waals surface area contributed by atoms with Gasteiger partial charge in [-0.1, -0.05) is 0 Å². The van der Waals surface area contributed by atoms with Gasteiger partial charge in [0.1, 0.15) is 0 Å². The molecule has 0 aliphatic carbocycles. The van der Waals surface area contributed by atoms with Gasteiger partial charge in [-0.05, 0) is 26.0 Å². The van der Waals surface area contributed by atoms with Crippen molar-refractivity contribution in [2.45, 2.75) is 24.9 Å². The van der Waals surface area contributed by atoms with Gasteiger partial charge in [0.2, 0.25) is 0 Å². The molecule has 1 N–H and O–H groups in total. The van der Waals surface area contributed by atoms with Crippen LogP contribution in [0, 0.1) is 0 Å². The summed E-state index contributed by atoms with van der Waals surface area (Å²) in [5.74, 6) is -1.24. The van der Waals surface area contributed by atoms with Gasteiger partial charge in [0, 0.05) is 6.20 Å². The molecule has 0 saturated carbocycles. The number of pyridine rings is 1. The van der Waals surface area contributed by atoms with Crippen LogP contribution in [-0.4, -0.2) is 29.7 Å². The largest absolute Gasteiger partial charge is 0.478 e. The van der Waals surface area contributed by atoms with Crippen LogP contribution in [-0.2, 0) is 15.6 Å². The Labute approximate surface area is 94.1 Å². The minimum atomic E-state index is -3.19. The van der Waals surface area contributed by atoms with Crippen molar-refractivity contribution in [3.8, 4) is 0 Å². The van der Waals surface area contributed by atoms with Gasteiger partial charge in [0.25, 0.3) is 0 Å². The first-order valence-electron chi connectivity index (χ1n) is 4.72. The van der Waals surface area contributed by atoms with Crippen LogP contribution in [0.3, 0.4) is 0 Å². The van der Waals surface area contributed by atoms with Crippen molar-refractivity contribution < 1.29 is 18.3 Å². The van der Waals surface area contributed by atoms with Crippen LogP contribution in [0.25, 0.3) is 0 Å². The number of carboxylic acid groups (broad SMARTS) is 1. The third-order valence-corrected chi connectivity index (χ3v) is 4.27. The Kier molecular flexibility index (Phi) is 3.64. The van der Waals surface area contributed by atoms with Gasteiger partial charge >= 0.3 is 5.97 Å². The Morgan fingerprint density at radius 2 is 2.06 bits per heavy atom. The number of sulfone groups is 1. The van der Waals surface area contributed by atoms with E-state index in [0.717, 1.165) is 6.20 Å². The molecule has 0 radical (unpaired) electrons. The van der Waals surface area contributed by atoms with E-state index in [1.807, 2.05) is 0 Å². The van der Waals surface area contributed by atoms with Crippen molar-refractivity contribution in [3.05, 3.63) is 29.6 Å². The zero-order valence-electron chi connectivity index (χ0n) is 9.04. The fourth-order valence-corrected chi connectivity index (χ4v) is 1.93. The molecular weight excluding hydrogens is 230 g/mol. The highest BCUT2D eigenvalue weighted by Crippen LogP contribution is 2.09. The van der Waals surface area contributed by atoms with Crippen molar-refractivity contribution in [2.24, 2.45) is 0 Å². The molecule has 0 fully saturated rings. The van der Waals surface area contributed by atoms with E-state index in [2.05, 4.69) is 4.98 Å². The number of aromatic carboxylic acids is 1. The zero-order chi connectivity index (χ0) is 12.3. The van der Waals surface area contributed by atoms with Gasteiger partial charge in [-0.2, -0.15) is 0 Å². The van der Waals surface area contributed by atoms with Crippen molar-refractivity contribution >= 4 is 15.8 Å². The minimum absolute atomic E-state index is 0.0469. The van der Waals surface area contributed by atoms with Crippen molar-refractivity contribution in [2.75, 3.05) is 0 Å². The first-order valence-corrected chi connectivity index (χ1v) is 6.44. The molecule has 0 aromatic carbocycles. The zero-order valence-corrected chi connectivity index (χ0v) is 9.86. The second-order valence-corrected chi connectivity index (χ2v) is 6.26. The molecule has 88 valence electrons. The Bertz CT molecular complexity index is 476. The predicted octanol–water partition coefficient (Wildman–Crippen LogP) is 1.10. The maximum Gasteiger partial charge on any atom is 0.337 e. The third-order valence-electron chi connectivity index (χ3n) is 2.14. The average Bonchev–Trinajstić information content (AvgIpc) is 2.17. The molecule has 0 unspecified atom stereocenters. The summed E-state index contributed by atoms with van der Waals surface area (Å²) in [7, 11) is -3.19. The van der Waals surface area contributed by atoms with Gasteiger partial charge in [-0.15, -0.1) is 0 Å². The van der Waals surface area contributed by atoms with Crippen molar-refractivity contribution in [3.63, 3.8) is 0 Å². The molecule has 16 heavy (non-hydrogen) atoms. The number of nitrogens with zero attached hydrogens (tertiary/aromatic N) is 1. The standard InChI is InChI=1S/C10H13NO4S/c1-7(2)16(14,15)6-9-4-3-8(5-11-9)10(12)13/h3-5,7H,6H2,1-2H3,(H,12,13). The fourth-order valence-electron chi connectivity index (χ4n) is 1.01. The molecule has 0 bridgehead atoms. The molecule has 1 rings (SSSR count). The summed E-state index contributed by atoms with van der Waals surface area (Å²) < 4.78 is 23.1. The molecule has 0 saturated heterocycles. The van der Waals surface area contributed by atoms with E-state index in [-0.39, 0.29) is 11.3 Å². The summed E-state index contributed by atoms with van der Waals surface area (Å²) >= 11 is 0. The minimum Gasteiger partial charge on any atom is -0.478 e. The summed E-state index contributed by atoms with van der Waals surface area (Å²) in [4.78, 5) is 14.4.